The zero-order valence-electron chi connectivity index (χ0n) is 11.9. The molecule has 0 saturated carbocycles. The molecule has 0 spiro atoms. The van der Waals surface area contributed by atoms with E-state index >= 15 is 0 Å². The van der Waals surface area contributed by atoms with Gasteiger partial charge in [0.15, 0.2) is 0 Å². The summed E-state index contributed by atoms with van der Waals surface area (Å²) in [6.07, 6.45) is 1.02. The molecule has 2 N–H and O–H groups in total. The third-order valence-electron chi connectivity index (χ3n) is 3.13. The molecular formula is C16H14ClNO4S. The van der Waals surface area contributed by atoms with Crippen LogP contribution < -0.4 is 4.72 Å². The second-order valence-electron chi connectivity index (χ2n) is 4.70. The molecule has 0 heterocycles. The van der Waals surface area contributed by atoms with E-state index in [4.69, 9.17) is 16.7 Å². The Bertz CT molecular complexity index is 814. The van der Waals surface area contributed by atoms with Crippen molar-refractivity contribution in [2.24, 2.45) is 0 Å². The van der Waals surface area contributed by atoms with Gasteiger partial charge in [-0.2, -0.15) is 4.72 Å². The highest BCUT2D eigenvalue weighted by atomic mass is 35.5. The maximum Gasteiger partial charge on any atom is 0.325 e. The maximum atomic E-state index is 12.2. The predicted octanol–water partition coefficient (Wildman–Crippen LogP) is 2.92. The summed E-state index contributed by atoms with van der Waals surface area (Å²) >= 11 is 5.83. The molecule has 0 aliphatic heterocycles. The summed E-state index contributed by atoms with van der Waals surface area (Å²) in [6.45, 7) is 3.30. The van der Waals surface area contributed by atoms with Crippen LogP contribution in [0.4, 0.5) is 0 Å². The van der Waals surface area contributed by atoms with Gasteiger partial charge in [-0.3, -0.25) is 4.79 Å². The Morgan fingerprint density at radius 1 is 1.09 bits per heavy atom. The molecule has 0 bridgehead atoms. The lowest BCUT2D eigenvalue weighted by Crippen LogP contribution is -2.39. The number of benzene rings is 2. The second kappa shape index (κ2) is 6.95. The van der Waals surface area contributed by atoms with Crippen molar-refractivity contribution in [2.75, 3.05) is 0 Å². The second-order valence-corrected chi connectivity index (χ2v) is 6.85. The minimum absolute atomic E-state index is 0.0247. The van der Waals surface area contributed by atoms with Gasteiger partial charge in [-0.1, -0.05) is 41.9 Å². The van der Waals surface area contributed by atoms with Crippen molar-refractivity contribution in [3.8, 4) is 11.1 Å². The lowest BCUT2D eigenvalue weighted by molar-refractivity contribution is -0.137. The van der Waals surface area contributed by atoms with E-state index in [0.717, 1.165) is 17.2 Å². The van der Waals surface area contributed by atoms with Gasteiger partial charge in [-0.25, -0.2) is 8.42 Å². The van der Waals surface area contributed by atoms with Crippen molar-refractivity contribution in [3.63, 3.8) is 0 Å². The van der Waals surface area contributed by atoms with Crippen molar-refractivity contribution in [2.45, 2.75) is 10.9 Å². The number of rotatable bonds is 6. The number of aliphatic carboxylic acids is 1. The van der Waals surface area contributed by atoms with Crippen LogP contribution in [0.3, 0.4) is 0 Å². The van der Waals surface area contributed by atoms with Gasteiger partial charge in [-0.15, -0.1) is 6.58 Å². The van der Waals surface area contributed by atoms with Gasteiger partial charge in [0.1, 0.15) is 6.04 Å². The first-order chi connectivity index (χ1) is 10.8. The van der Waals surface area contributed by atoms with E-state index in [1.165, 1.54) is 12.1 Å². The Labute approximate surface area is 139 Å². The first kappa shape index (κ1) is 17.2. The maximum absolute atomic E-state index is 12.2. The van der Waals surface area contributed by atoms with Gasteiger partial charge in [0.25, 0.3) is 0 Å². The third-order valence-corrected chi connectivity index (χ3v) is 4.84. The van der Waals surface area contributed by atoms with Crippen LogP contribution in [0.1, 0.15) is 0 Å². The van der Waals surface area contributed by atoms with Crippen molar-refractivity contribution >= 4 is 27.6 Å². The SMILES string of the molecule is C=CC(NS(=O)(=O)c1ccc(-c2ccc(Cl)cc2)cc1)C(=O)O. The van der Waals surface area contributed by atoms with Crippen LogP contribution in [0.25, 0.3) is 11.1 Å². The predicted molar refractivity (Wildman–Crippen MR) is 88.8 cm³/mol. The lowest BCUT2D eigenvalue weighted by atomic mass is 10.1. The summed E-state index contributed by atoms with van der Waals surface area (Å²) in [5.41, 5.74) is 1.71. The van der Waals surface area contributed by atoms with Gasteiger partial charge in [0, 0.05) is 5.02 Å². The molecule has 0 aromatic heterocycles. The average Bonchev–Trinajstić information content (AvgIpc) is 2.53. The lowest BCUT2D eigenvalue weighted by Gasteiger charge is -2.11. The molecule has 1 atom stereocenters. The Hall–Kier alpha value is -2.15. The van der Waals surface area contributed by atoms with E-state index in [1.807, 2.05) is 12.1 Å². The summed E-state index contributed by atoms with van der Waals surface area (Å²) in [6, 6.07) is 11.8. The molecule has 7 heteroatoms. The van der Waals surface area contributed by atoms with E-state index in [-0.39, 0.29) is 4.90 Å². The van der Waals surface area contributed by atoms with E-state index in [0.29, 0.717) is 5.02 Å². The van der Waals surface area contributed by atoms with Crippen LogP contribution >= 0.6 is 11.6 Å². The molecular weight excluding hydrogens is 338 g/mol. The monoisotopic (exact) mass is 351 g/mol. The molecule has 120 valence electrons. The molecule has 0 aliphatic rings. The van der Waals surface area contributed by atoms with Gasteiger partial charge < -0.3 is 5.11 Å². The summed E-state index contributed by atoms with van der Waals surface area (Å²) in [5, 5.41) is 9.50. The van der Waals surface area contributed by atoms with Crippen LogP contribution in [0, 0.1) is 0 Å². The number of nitrogens with one attached hydrogen (secondary N) is 1. The van der Waals surface area contributed by atoms with E-state index in [9.17, 15) is 13.2 Å². The number of carbonyl (C=O) groups is 1. The molecule has 2 aromatic rings. The van der Waals surface area contributed by atoms with Gasteiger partial charge >= 0.3 is 5.97 Å². The highest BCUT2D eigenvalue weighted by Gasteiger charge is 2.22. The van der Waals surface area contributed by atoms with Crippen molar-refractivity contribution in [1.29, 1.82) is 0 Å². The highest BCUT2D eigenvalue weighted by molar-refractivity contribution is 7.89. The summed E-state index contributed by atoms with van der Waals surface area (Å²) in [4.78, 5) is 10.9. The van der Waals surface area contributed by atoms with Gasteiger partial charge in [0.2, 0.25) is 10.0 Å². The third kappa shape index (κ3) is 4.19. The number of sulfonamides is 1. The Kier molecular flexibility index (Phi) is 5.20. The number of hydrogen-bond acceptors (Lipinski definition) is 3. The van der Waals surface area contributed by atoms with E-state index < -0.39 is 22.0 Å². The molecule has 2 aromatic carbocycles. The van der Waals surface area contributed by atoms with Crippen molar-refractivity contribution in [3.05, 3.63) is 66.2 Å². The van der Waals surface area contributed by atoms with Gasteiger partial charge in [-0.05, 0) is 35.4 Å². The molecule has 1 unspecified atom stereocenters. The molecule has 5 nitrogen and oxygen atoms in total. The fourth-order valence-corrected chi connectivity index (χ4v) is 3.19. The number of hydrogen-bond donors (Lipinski definition) is 2. The van der Waals surface area contributed by atoms with E-state index in [1.54, 1.807) is 24.3 Å². The molecule has 2 rings (SSSR count). The van der Waals surface area contributed by atoms with Crippen LogP contribution in [0.5, 0.6) is 0 Å². The molecule has 0 aliphatic carbocycles. The smallest absolute Gasteiger partial charge is 0.325 e. The molecule has 0 amide bonds. The van der Waals surface area contributed by atoms with Crippen LogP contribution in [-0.2, 0) is 14.8 Å². The molecule has 23 heavy (non-hydrogen) atoms. The fraction of sp³-hybridized carbons (Fsp3) is 0.0625. The van der Waals surface area contributed by atoms with Gasteiger partial charge in [0.05, 0.1) is 4.90 Å². The Morgan fingerprint density at radius 3 is 2.00 bits per heavy atom. The fourth-order valence-electron chi connectivity index (χ4n) is 1.90. The topological polar surface area (TPSA) is 83.5 Å². The summed E-state index contributed by atoms with van der Waals surface area (Å²) in [5.74, 6) is -1.32. The first-order valence-corrected chi connectivity index (χ1v) is 8.43. The van der Waals surface area contributed by atoms with Crippen LogP contribution in [0.15, 0.2) is 66.1 Å². The Morgan fingerprint density at radius 2 is 1.57 bits per heavy atom. The number of carboxylic acid groups (broad SMARTS) is 1. The van der Waals surface area contributed by atoms with Crippen LogP contribution in [0.2, 0.25) is 5.02 Å². The largest absolute Gasteiger partial charge is 0.480 e. The number of halogens is 1. The normalized spacial score (nSPS) is 12.6. The molecule has 0 fully saturated rings. The molecule has 0 saturated heterocycles. The van der Waals surface area contributed by atoms with Crippen molar-refractivity contribution in [1.82, 2.24) is 4.72 Å². The van der Waals surface area contributed by atoms with Crippen molar-refractivity contribution < 1.29 is 18.3 Å². The standard InChI is InChI=1S/C16H14ClNO4S/c1-2-15(16(19)20)18-23(21,22)14-9-5-12(6-10-14)11-3-7-13(17)8-4-11/h2-10,15,18H,1H2,(H,19,20). The zero-order valence-corrected chi connectivity index (χ0v) is 13.5. The Balaban J connectivity index is 2.26. The quantitative estimate of drug-likeness (QED) is 0.784. The van der Waals surface area contributed by atoms with E-state index in [2.05, 4.69) is 11.3 Å². The molecule has 0 radical (unpaired) electrons. The first-order valence-electron chi connectivity index (χ1n) is 6.57. The minimum atomic E-state index is -3.95. The highest BCUT2D eigenvalue weighted by Crippen LogP contribution is 2.23. The summed E-state index contributed by atoms with van der Waals surface area (Å²) in [7, 11) is -3.95. The average molecular weight is 352 g/mol. The summed E-state index contributed by atoms with van der Waals surface area (Å²) < 4.78 is 26.4. The number of carboxylic acids is 1. The van der Waals surface area contributed by atoms with Crippen LogP contribution in [-0.4, -0.2) is 25.5 Å². The minimum Gasteiger partial charge on any atom is -0.480 e. The zero-order chi connectivity index (χ0) is 17.0.